The maximum absolute atomic E-state index is 12.8. The minimum absolute atomic E-state index is 0.0279. The van der Waals surface area contributed by atoms with E-state index in [0.29, 0.717) is 18.7 Å². The molecule has 3 heterocycles. The van der Waals surface area contributed by atoms with Gasteiger partial charge in [0, 0.05) is 23.5 Å². The molecule has 4 rings (SSSR count). The molecule has 0 radical (unpaired) electrons. The van der Waals surface area contributed by atoms with E-state index in [1.807, 2.05) is 11.8 Å². The second kappa shape index (κ2) is 8.50. The lowest BCUT2D eigenvalue weighted by atomic mass is 10.1. The topological polar surface area (TPSA) is 68.5 Å². The molecule has 0 saturated heterocycles. The van der Waals surface area contributed by atoms with Gasteiger partial charge in [0.05, 0.1) is 5.25 Å². The summed E-state index contributed by atoms with van der Waals surface area (Å²) in [6.45, 7) is 0.276. The average molecular weight is 437 g/mol. The highest BCUT2D eigenvalue weighted by Gasteiger charge is 2.27. The number of rotatable bonds is 6. The number of nitrogens with zero attached hydrogens (tertiary/aromatic N) is 3. The lowest BCUT2D eigenvalue weighted by Crippen LogP contribution is -2.39. The molecule has 0 saturated carbocycles. The van der Waals surface area contributed by atoms with Crippen molar-refractivity contribution in [3.05, 3.63) is 46.2 Å². The van der Waals surface area contributed by atoms with Crippen LogP contribution in [0.15, 0.2) is 45.4 Å². The van der Waals surface area contributed by atoms with Gasteiger partial charge in [-0.15, -0.1) is 21.5 Å². The predicted molar refractivity (Wildman–Crippen MR) is 105 cm³/mol. The van der Waals surface area contributed by atoms with Gasteiger partial charge in [-0.3, -0.25) is 4.79 Å². The summed E-state index contributed by atoms with van der Waals surface area (Å²) in [6.07, 6.45) is 0.881. The van der Waals surface area contributed by atoms with Gasteiger partial charge in [-0.1, -0.05) is 11.8 Å². The van der Waals surface area contributed by atoms with E-state index < -0.39 is 6.61 Å². The van der Waals surface area contributed by atoms with E-state index in [1.165, 1.54) is 34.3 Å². The zero-order chi connectivity index (χ0) is 20.4. The Balaban J connectivity index is 1.38. The monoisotopic (exact) mass is 437 g/mol. The van der Waals surface area contributed by atoms with Gasteiger partial charge in [0.25, 0.3) is 5.22 Å². The van der Waals surface area contributed by atoms with Crippen molar-refractivity contribution in [1.29, 1.82) is 0 Å². The van der Waals surface area contributed by atoms with Crippen LogP contribution in [0.2, 0.25) is 0 Å². The molecule has 1 aliphatic heterocycles. The number of carbonyl (C=O) groups excluding carboxylic acids is 1. The zero-order valence-corrected chi connectivity index (χ0v) is 17.0. The number of halogens is 2. The van der Waals surface area contributed by atoms with E-state index >= 15 is 0 Å². The van der Waals surface area contributed by atoms with Crippen molar-refractivity contribution in [2.75, 3.05) is 6.54 Å². The van der Waals surface area contributed by atoms with E-state index in [0.717, 1.165) is 6.42 Å². The quantitative estimate of drug-likeness (QED) is 0.530. The van der Waals surface area contributed by atoms with Crippen LogP contribution in [0.4, 0.5) is 8.78 Å². The normalized spacial score (nSPS) is 14.7. The molecule has 1 amide bonds. The Bertz CT molecular complexity index is 991. The summed E-state index contributed by atoms with van der Waals surface area (Å²) in [7, 11) is 0. The molecule has 1 aliphatic rings. The average Bonchev–Trinajstić information content (AvgIpc) is 3.36. The van der Waals surface area contributed by atoms with Crippen LogP contribution in [0.3, 0.4) is 0 Å². The van der Waals surface area contributed by atoms with Crippen LogP contribution in [-0.4, -0.2) is 39.4 Å². The van der Waals surface area contributed by atoms with Gasteiger partial charge in [-0.05, 0) is 54.6 Å². The Hall–Kier alpha value is -2.46. The van der Waals surface area contributed by atoms with Crippen molar-refractivity contribution in [2.45, 2.75) is 37.0 Å². The molecule has 0 spiro atoms. The molecule has 10 heteroatoms. The summed E-state index contributed by atoms with van der Waals surface area (Å²) < 4.78 is 34.4. The van der Waals surface area contributed by atoms with Crippen molar-refractivity contribution in [3.8, 4) is 17.2 Å². The van der Waals surface area contributed by atoms with Crippen LogP contribution in [0.25, 0.3) is 11.5 Å². The van der Waals surface area contributed by atoms with Crippen LogP contribution in [0.5, 0.6) is 5.75 Å². The molecule has 1 unspecified atom stereocenters. The van der Waals surface area contributed by atoms with Crippen LogP contribution < -0.4 is 4.74 Å². The van der Waals surface area contributed by atoms with Gasteiger partial charge in [0.1, 0.15) is 5.75 Å². The van der Waals surface area contributed by atoms with E-state index in [4.69, 9.17) is 4.42 Å². The third-order valence-corrected chi connectivity index (χ3v) is 6.42. The number of ether oxygens (including phenoxy) is 1. The molecule has 152 valence electrons. The fourth-order valence-corrected chi connectivity index (χ4v) is 4.71. The molecule has 3 aromatic rings. The third-order valence-electron chi connectivity index (χ3n) is 4.48. The molecule has 1 atom stereocenters. The fourth-order valence-electron chi connectivity index (χ4n) is 3.05. The molecular formula is C19H17F2N3O3S2. The van der Waals surface area contributed by atoms with E-state index in [2.05, 4.69) is 26.4 Å². The molecule has 2 aromatic heterocycles. The summed E-state index contributed by atoms with van der Waals surface area (Å²) >= 11 is 2.94. The van der Waals surface area contributed by atoms with Crippen LogP contribution in [0.1, 0.15) is 17.4 Å². The lowest BCUT2D eigenvalue weighted by Gasteiger charge is -2.28. The number of amides is 1. The molecule has 6 nitrogen and oxygen atoms in total. The van der Waals surface area contributed by atoms with E-state index in [9.17, 15) is 13.6 Å². The van der Waals surface area contributed by atoms with Crippen molar-refractivity contribution < 1.29 is 22.7 Å². The molecule has 0 bridgehead atoms. The summed E-state index contributed by atoms with van der Waals surface area (Å²) in [5.74, 6) is 0.323. The van der Waals surface area contributed by atoms with E-state index in [-0.39, 0.29) is 28.0 Å². The minimum Gasteiger partial charge on any atom is -0.435 e. The summed E-state index contributed by atoms with van der Waals surface area (Å²) in [4.78, 5) is 16.0. The van der Waals surface area contributed by atoms with Crippen LogP contribution in [0, 0.1) is 0 Å². The number of hydrogen-bond donors (Lipinski definition) is 0. The minimum atomic E-state index is -2.88. The Morgan fingerprint density at radius 3 is 2.83 bits per heavy atom. The van der Waals surface area contributed by atoms with Crippen LogP contribution >= 0.6 is 23.1 Å². The summed E-state index contributed by atoms with van der Waals surface area (Å²) in [5, 5.41) is 9.93. The number of alkyl halides is 2. The standard InChI is InChI=1S/C19H17F2N3O3S2/c1-11(17(25)24-8-6-15-13(10-24)7-9-28-15)29-19-23-22-16(27-19)12-2-4-14(5-3-12)26-18(20)21/h2-5,7,9,11,18H,6,8,10H2,1H3. The molecule has 0 N–H and O–H groups in total. The number of benzene rings is 1. The maximum atomic E-state index is 12.8. The van der Waals surface area contributed by atoms with Gasteiger partial charge in [0.15, 0.2) is 0 Å². The predicted octanol–water partition coefficient (Wildman–Crippen LogP) is 4.47. The smallest absolute Gasteiger partial charge is 0.387 e. The SMILES string of the molecule is CC(Sc1nnc(-c2ccc(OC(F)F)cc2)o1)C(=O)N1CCc2sccc2C1. The first-order valence-electron chi connectivity index (χ1n) is 8.89. The Morgan fingerprint density at radius 1 is 1.28 bits per heavy atom. The number of fused-ring (bicyclic) bond motifs is 1. The van der Waals surface area contributed by atoms with Crippen LogP contribution in [-0.2, 0) is 17.8 Å². The van der Waals surface area contributed by atoms with Gasteiger partial charge in [0.2, 0.25) is 11.8 Å². The number of hydrogen-bond acceptors (Lipinski definition) is 7. The van der Waals surface area contributed by atoms with Crippen molar-refractivity contribution in [3.63, 3.8) is 0 Å². The van der Waals surface area contributed by atoms with Gasteiger partial charge >= 0.3 is 6.61 Å². The summed E-state index contributed by atoms with van der Waals surface area (Å²) in [5.41, 5.74) is 1.79. The number of aromatic nitrogens is 2. The highest BCUT2D eigenvalue weighted by Crippen LogP contribution is 2.30. The highest BCUT2D eigenvalue weighted by molar-refractivity contribution is 8.00. The molecule has 29 heavy (non-hydrogen) atoms. The lowest BCUT2D eigenvalue weighted by molar-refractivity contribution is -0.131. The van der Waals surface area contributed by atoms with Gasteiger partial charge in [-0.25, -0.2) is 0 Å². The number of thioether (sulfide) groups is 1. The summed E-state index contributed by atoms with van der Waals surface area (Å²) in [6, 6.07) is 7.99. The van der Waals surface area contributed by atoms with Crippen molar-refractivity contribution in [1.82, 2.24) is 15.1 Å². The number of thiophene rings is 1. The number of carbonyl (C=O) groups is 1. The largest absolute Gasteiger partial charge is 0.435 e. The molecule has 0 aliphatic carbocycles. The first kappa shape index (κ1) is 19.8. The third kappa shape index (κ3) is 4.59. The molecule has 0 fully saturated rings. The highest BCUT2D eigenvalue weighted by atomic mass is 32.2. The second-order valence-corrected chi connectivity index (χ2v) is 8.71. The Labute approximate surface area is 173 Å². The van der Waals surface area contributed by atoms with E-state index in [1.54, 1.807) is 23.5 Å². The maximum Gasteiger partial charge on any atom is 0.387 e. The van der Waals surface area contributed by atoms with Gasteiger partial charge < -0.3 is 14.1 Å². The van der Waals surface area contributed by atoms with Crippen molar-refractivity contribution >= 4 is 29.0 Å². The van der Waals surface area contributed by atoms with Gasteiger partial charge in [-0.2, -0.15) is 8.78 Å². The zero-order valence-electron chi connectivity index (χ0n) is 15.4. The Morgan fingerprint density at radius 2 is 2.07 bits per heavy atom. The first-order valence-corrected chi connectivity index (χ1v) is 10.6. The van der Waals surface area contributed by atoms with Crippen molar-refractivity contribution in [2.24, 2.45) is 0 Å². The molecular weight excluding hydrogens is 420 g/mol. The first-order chi connectivity index (χ1) is 14.0. The fraction of sp³-hybridized carbons (Fsp3) is 0.316. The molecule has 1 aromatic carbocycles. The second-order valence-electron chi connectivity index (χ2n) is 6.41. The Kier molecular flexibility index (Phi) is 5.81.